The highest BCUT2D eigenvalue weighted by Crippen LogP contribution is 2.32. The summed E-state index contributed by atoms with van der Waals surface area (Å²) in [5.41, 5.74) is 10.9. The van der Waals surface area contributed by atoms with Gasteiger partial charge in [0.2, 0.25) is 0 Å². The van der Waals surface area contributed by atoms with Crippen LogP contribution in [0.1, 0.15) is 19.8 Å². The molecule has 0 aromatic heterocycles. The van der Waals surface area contributed by atoms with Crippen LogP contribution in [0.2, 0.25) is 0 Å². The van der Waals surface area contributed by atoms with E-state index >= 15 is 0 Å². The third-order valence-corrected chi connectivity index (χ3v) is 5.51. The first-order chi connectivity index (χ1) is 14.7. The van der Waals surface area contributed by atoms with Crippen molar-refractivity contribution < 1.29 is 13.9 Å². The molecule has 2 heterocycles. The van der Waals surface area contributed by atoms with E-state index in [1.54, 1.807) is 19.1 Å². The van der Waals surface area contributed by atoms with Gasteiger partial charge >= 0.3 is 11.8 Å². The number of anilines is 2. The number of hydrazine groups is 1. The molecule has 5 N–H and O–H groups in total. The van der Waals surface area contributed by atoms with Crippen molar-refractivity contribution in [3.8, 4) is 0 Å². The van der Waals surface area contributed by atoms with Gasteiger partial charge in [-0.3, -0.25) is 15.2 Å². The fraction of sp³-hybridized carbons (Fsp3) is 0.474. The number of hydrogen-bond acceptors (Lipinski definition) is 6. The molecule has 1 amide bonds. The summed E-state index contributed by atoms with van der Waals surface area (Å²) in [5.74, 6) is -0.439. The predicted molar refractivity (Wildman–Crippen MR) is 124 cm³/mol. The average molecular weight is 466 g/mol. The molecule has 1 atom stereocenters. The Bertz CT molecular complexity index is 915. The normalized spacial score (nSPS) is 20.0. The van der Waals surface area contributed by atoms with E-state index in [2.05, 4.69) is 21.0 Å². The Morgan fingerprint density at radius 3 is 2.71 bits per heavy atom. The highest BCUT2D eigenvalue weighted by Gasteiger charge is 2.41. The van der Waals surface area contributed by atoms with Gasteiger partial charge in [0.05, 0.1) is 42.3 Å². The largest absolute Gasteiger partial charge is 0.442 e. The zero-order valence-corrected chi connectivity index (χ0v) is 18.6. The van der Waals surface area contributed by atoms with Crippen LogP contribution in [-0.4, -0.2) is 54.1 Å². The topological polar surface area (TPSA) is 99.2 Å². The number of hydrogen-bond donors (Lipinski definition) is 4. The van der Waals surface area contributed by atoms with Crippen LogP contribution in [-0.2, 0) is 4.74 Å². The highest BCUT2D eigenvalue weighted by molar-refractivity contribution is 7.80. The van der Waals surface area contributed by atoms with E-state index in [4.69, 9.17) is 41.5 Å². The molecule has 0 bridgehead atoms. The molecule has 2 aliphatic heterocycles. The van der Waals surface area contributed by atoms with Gasteiger partial charge in [0.1, 0.15) is 11.9 Å². The van der Waals surface area contributed by atoms with Crippen LogP contribution in [0.5, 0.6) is 0 Å². The second-order valence-electron chi connectivity index (χ2n) is 7.43. The fourth-order valence-corrected chi connectivity index (χ4v) is 3.71. The lowest BCUT2D eigenvalue weighted by molar-refractivity contribution is 0.143. The summed E-state index contributed by atoms with van der Waals surface area (Å²) < 4.78 is 20.2. The van der Waals surface area contributed by atoms with Crippen LogP contribution in [0.25, 0.3) is 4.85 Å². The maximum atomic E-state index is 14.9. The average Bonchev–Trinajstić information content (AvgIpc) is 3.12. The molecule has 0 saturated carbocycles. The Kier molecular flexibility index (Phi) is 7.09. The van der Waals surface area contributed by atoms with Crippen LogP contribution >= 0.6 is 24.4 Å². The van der Waals surface area contributed by atoms with Gasteiger partial charge in [0, 0.05) is 13.1 Å². The number of cyclic esters (lactones) is 1. The number of rotatable bonds is 6. The molecular formula is C19H24FN7O2S2. The summed E-state index contributed by atoms with van der Waals surface area (Å²) in [6.45, 7) is 10.9. The minimum absolute atomic E-state index is 0.0583. The summed E-state index contributed by atoms with van der Waals surface area (Å²) in [6, 6.07) is 4.68. The molecular weight excluding hydrogens is 441 g/mol. The lowest BCUT2D eigenvalue weighted by Gasteiger charge is -2.35. The number of benzene rings is 1. The monoisotopic (exact) mass is 465 g/mol. The molecule has 2 fully saturated rings. The number of ether oxygens (including phenoxy) is 1. The zero-order valence-electron chi connectivity index (χ0n) is 17.0. The van der Waals surface area contributed by atoms with Gasteiger partial charge in [-0.25, -0.2) is 15.8 Å². The molecule has 2 saturated heterocycles. The standard InChI is InChI=1S/C19H24FN7O2S2/c1-12(30)23-10-14-11-27(18(28)29-14)13-3-4-16(15(20)9-13)26-7-5-19(22-2,6-8-26)25-24-17(21)31/h3-4,9,14,25H,5-8,10-11H2,1H3,(H,23,30)(H3,21,24,31)/t14-/m0/s1. The lowest BCUT2D eigenvalue weighted by Crippen LogP contribution is -2.58. The fourth-order valence-electron chi connectivity index (χ4n) is 3.58. The van der Waals surface area contributed by atoms with Crippen molar-refractivity contribution in [3.05, 3.63) is 35.4 Å². The minimum atomic E-state index is -0.848. The first kappa shape index (κ1) is 22.9. The number of nitrogens with two attached hydrogens (primary N) is 1. The van der Waals surface area contributed by atoms with E-state index < -0.39 is 17.6 Å². The van der Waals surface area contributed by atoms with Gasteiger partial charge in [-0.05, 0) is 37.3 Å². The maximum Gasteiger partial charge on any atom is 0.414 e. The molecule has 9 nitrogen and oxygen atoms in total. The molecule has 12 heteroatoms. The Balaban J connectivity index is 1.64. The summed E-state index contributed by atoms with van der Waals surface area (Å²) in [5, 5.41) is 3.03. The molecule has 2 aliphatic rings. The number of nitrogens with one attached hydrogen (secondary N) is 3. The van der Waals surface area contributed by atoms with E-state index in [-0.39, 0.29) is 11.2 Å². The van der Waals surface area contributed by atoms with Gasteiger partial charge in [-0.2, -0.15) is 5.43 Å². The molecule has 1 aromatic carbocycles. The molecule has 0 spiro atoms. The van der Waals surface area contributed by atoms with Crippen molar-refractivity contribution in [2.45, 2.75) is 31.5 Å². The second-order valence-corrected chi connectivity index (χ2v) is 8.49. The van der Waals surface area contributed by atoms with Crippen molar-refractivity contribution in [1.82, 2.24) is 16.2 Å². The number of carbonyl (C=O) groups excluding carboxylic acids is 1. The van der Waals surface area contributed by atoms with Crippen LogP contribution in [0.15, 0.2) is 18.2 Å². The SMILES string of the molecule is [C-]#[N+]C1(NNC(N)=S)CCN(c2ccc(N3C[C@H](CNC(C)=S)OC3=O)cc2F)CC1. The third kappa shape index (κ3) is 5.49. The summed E-state index contributed by atoms with van der Waals surface area (Å²) in [7, 11) is 0. The molecule has 1 aromatic rings. The summed E-state index contributed by atoms with van der Waals surface area (Å²) in [6.07, 6.45) is 0.0380. The molecule has 0 aliphatic carbocycles. The number of thiocarbonyl (C=S) groups is 2. The van der Waals surface area contributed by atoms with E-state index in [0.717, 1.165) is 0 Å². The van der Waals surface area contributed by atoms with Crippen molar-refractivity contribution in [2.75, 3.05) is 36.0 Å². The number of nitrogens with zero attached hydrogens (tertiary/aromatic N) is 3. The molecule has 0 unspecified atom stereocenters. The highest BCUT2D eigenvalue weighted by atomic mass is 32.1. The smallest absolute Gasteiger partial charge is 0.414 e. The molecule has 31 heavy (non-hydrogen) atoms. The van der Waals surface area contributed by atoms with E-state index in [9.17, 15) is 9.18 Å². The van der Waals surface area contributed by atoms with Gasteiger partial charge < -0.3 is 20.7 Å². The molecule has 0 radical (unpaired) electrons. The zero-order chi connectivity index (χ0) is 22.6. The lowest BCUT2D eigenvalue weighted by atomic mass is 9.97. The van der Waals surface area contributed by atoms with Gasteiger partial charge in [0.15, 0.2) is 5.11 Å². The molecule has 3 rings (SSSR count). The quantitative estimate of drug-likeness (QED) is 0.284. The second kappa shape index (κ2) is 9.59. The van der Waals surface area contributed by atoms with Gasteiger partial charge in [-0.15, -0.1) is 0 Å². The third-order valence-electron chi connectivity index (χ3n) is 5.26. The van der Waals surface area contributed by atoms with Crippen LogP contribution in [0.4, 0.5) is 20.6 Å². The van der Waals surface area contributed by atoms with Crippen molar-refractivity contribution in [3.63, 3.8) is 0 Å². The van der Waals surface area contributed by atoms with Crippen molar-refractivity contribution in [2.24, 2.45) is 5.73 Å². The Labute approximate surface area is 190 Å². The predicted octanol–water partition coefficient (Wildman–Crippen LogP) is 1.64. The summed E-state index contributed by atoms with van der Waals surface area (Å²) >= 11 is 9.74. The first-order valence-electron chi connectivity index (χ1n) is 9.71. The minimum Gasteiger partial charge on any atom is -0.442 e. The van der Waals surface area contributed by atoms with Crippen molar-refractivity contribution >= 4 is 52.0 Å². The number of amides is 1. The number of piperidine rings is 1. The Morgan fingerprint density at radius 1 is 1.42 bits per heavy atom. The van der Waals surface area contributed by atoms with Crippen LogP contribution in [0, 0.1) is 12.4 Å². The van der Waals surface area contributed by atoms with Crippen molar-refractivity contribution in [1.29, 1.82) is 0 Å². The van der Waals surface area contributed by atoms with E-state index in [1.807, 2.05) is 4.90 Å². The molecule has 166 valence electrons. The Hall–Kier alpha value is -2.75. The van der Waals surface area contributed by atoms with E-state index in [1.165, 1.54) is 11.0 Å². The van der Waals surface area contributed by atoms with Gasteiger partial charge in [-0.1, -0.05) is 12.2 Å². The van der Waals surface area contributed by atoms with Crippen LogP contribution < -0.4 is 31.7 Å². The van der Waals surface area contributed by atoms with E-state index in [0.29, 0.717) is 55.4 Å². The number of halogens is 1. The van der Waals surface area contributed by atoms with Gasteiger partial charge in [0.25, 0.3) is 0 Å². The van der Waals surface area contributed by atoms with Crippen LogP contribution in [0.3, 0.4) is 0 Å². The number of carbonyl (C=O) groups is 1. The first-order valence-corrected chi connectivity index (χ1v) is 10.5. The summed E-state index contributed by atoms with van der Waals surface area (Å²) in [4.78, 5) is 19.8. The Morgan fingerprint density at radius 2 is 2.13 bits per heavy atom. The maximum absolute atomic E-state index is 14.9.